The average Bonchev–Trinajstić information content (AvgIpc) is 3.16. The topological polar surface area (TPSA) is 93.4 Å². The van der Waals surface area contributed by atoms with Gasteiger partial charge in [-0.05, 0) is 30.3 Å². The number of rotatable bonds is 6. The Morgan fingerprint density at radius 3 is 2.50 bits per heavy atom. The zero-order chi connectivity index (χ0) is 22.2. The molecule has 5 rings (SSSR count). The van der Waals surface area contributed by atoms with Gasteiger partial charge in [-0.15, -0.1) is 0 Å². The number of hydrogen-bond acceptors (Lipinski definition) is 5. The van der Waals surface area contributed by atoms with Crippen LogP contribution in [0.2, 0.25) is 0 Å². The summed E-state index contributed by atoms with van der Waals surface area (Å²) in [7, 11) is 0. The average molecular weight is 427 g/mol. The predicted molar refractivity (Wildman–Crippen MR) is 121 cm³/mol. The largest absolute Gasteiger partial charge is 0.491 e. The highest BCUT2D eigenvalue weighted by Gasteiger charge is 2.28. The van der Waals surface area contributed by atoms with E-state index < -0.39 is 6.10 Å². The Morgan fingerprint density at radius 1 is 1.03 bits per heavy atom. The molecule has 32 heavy (non-hydrogen) atoms. The van der Waals surface area contributed by atoms with Crippen LogP contribution >= 0.6 is 0 Å². The fraction of sp³-hybridized carbons (Fsp3) is 0.160. The van der Waals surface area contributed by atoms with E-state index >= 15 is 0 Å². The first kappa shape index (κ1) is 20.0. The van der Waals surface area contributed by atoms with Gasteiger partial charge in [0.15, 0.2) is 5.78 Å². The number of fused-ring (bicyclic) bond motifs is 2. The molecule has 1 aromatic heterocycles. The van der Waals surface area contributed by atoms with E-state index in [1.165, 1.54) is 6.92 Å². The molecule has 1 aliphatic rings. The van der Waals surface area contributed by atoms with Crippen LogP contribution in [-0.2, 0) is 11.3 Å². The molecule has 7 nitrogen and oxygen atoms in total. The second-order valence-corrected chi connectivity index (χ2v) is 7.78. The zero-order valence-corrected chi connectivity index (χ0v) is 17.4. The van der Waals surface area contributed by atoms with Crippen LogP contribution < -0.4 is 10.1 Å². The molecule has 0 saturated heterocycles. The van der Waals surface area contributed by atoms with Gasteiger partial charge in [-0.3, -0.25) is 14.3 Å². The minimum Gasteiger partial charge on any atom is -0.491 e. The Hall–Kier alpha value is -3.97. The third kappa shape index (κ3) is 3.52. The van der Waals surface area contributed by atoms with Crippen molar-refractivity contribution in [1.82, 2.24) is 9.78 Å². The molecule has 2 N–H and O–H groups in total. The number of hydrogen-bond donors (Lipinski definition) is 2. The van der Waals surface area contributed by atoms with Crippen LogP contribution in [0, 0.1) is 0 Å². The summed E-state index contributed by atoms with van der Waals surface area (Å²) >= 11 is 0. The molecule has 0 radical (unpaired) electrons. The summed E-state index contributed by atoms with van der Waals surface area (Å²) in [6.07, 6.45) is -0.809. The summed E-state index contributed by atoms with van der Waals surface area (Å²) < 4.78 is 7.43. The molecule has 0 aliphatic heterocycles. The van der Waals surface area contributed by atoms with Gasteiger partial charge in [0.05, 0.1) is 12.1 Å². The van der Waals surface area contributed by atoms with E-state index in [2.05, 4.69) is 5.32 Å². The van der Waals surface area contributed by atoms with E-state index in [1.807, 2.05) is 42.5 Å². The first-order valence-electron chi connectivity index (χ1n) is 10.3. The molecule has 3 aromatic carbocycles. The van der Waals surface area contributed by atoms with Gasteiger partial charge in [0, 0.05) is 34.7 Å². The smallest absolute Gasteiger partial charge is 0.221 e. The van der Waals surface area contributed by atoms with Crippen molar-refractivity contribution >= 4 is 28.3 Å². The molecule has 0 fully saturated rings. The summed E-state index contributed by atoms with van der Waals surface area (Å²) in [5.41, 5.74) is 4.32. The quantitative estimate of drug-likeness (QED) is 0.432. The van der Waals surface area contributed by atoms with E-state index in [9.17, 15) is 14.7 Å². The lowest BCUT2D eigenvalue weighted by molar-refractivity contribution is -0.114. The number of ketones is 1. The van der Waals surface area contributed by atoms with Gasteiger partial charge >= 0.3 is 0 Å². The fourth-order valence-corrected chi connectivity index (χ4v) is 4.06. The van der Waals surface area contributed by atoms with Crippen molar-refractivity contribution in [2.75, 3.05) is 11.9 Å². The van der Waals surface area contributed by atoms with Crippen molar-refractivity contribution in [3.63, 3.8) is 0 Å². The van der Waals surface area contributed by atoms with Crippen molar-refractivity contribution < 1.29 is 19.4 Å². The van der Waals surface area contributed by atoms with Crippen molar-refractivity contribution in [2.45, 2.75) is 19.6 Å². The van der Waals surface area contributed by atoms with Gasteiger partial charge in [0.1, 0.15) is 24.2 Å². The SMILES string of the molecule is CC(=O)Nc1ccc(OC[C@@H](O)Cn2nc3c4c(cccc42)C(=O)c2ccccc2-3)cc1. The molecular formula is C25H21N3O4. The highest BCUT2D eigenvalue weighted by atomic mass is 16.5. The van der Waals surface area contributed by atoms with Gasteiger partial charge in [-0.25, -0.2) is 0 Å². The first-order chi connectivity index (χ1) is 15.5. The van der Waals surface area contributed by atoms with Crippen LogP contribution in [0.15, 0.2) is 66.7 Å². The van der Waals surface area contributed by atoms with Gasteiger partial charge < -0.3 is 15.2 Å². The summed E-state index contributed by atoms with van der Waals surface area (Å²) in [6.45, 7) is 1.75. The lowest BCUT2D eigenvalue weighted by atomic mass is 9.87. The Balaban J connectivity index is 1.36. The molecule has 0 spiro atoms. The second kappa shape index (κ2) is 7.94. The highest BCUT2D eigenvalue weighted by Crippen LogP contribution is 2.38. The second-order valence-electron chi connectivity index (χ2n) is 7.78. The molecule has 1 amide bonds. The van der Waals surface area contributed by atoms with Gasteiger partial charge in [0.2, 0.25) is 5.91 Å². The number of amides is 1. The van der Waals surface area contributed by atoms with E-state index in [4.69, 9.17) is 9.84 Å². The molecule has 0 unspecified atom stereocenters. The molecule has 160 valence electrons. The number of nitrogens with one attached hydrogen (secondary N) is 1. The zero-order valence-electron chi connectivity index (χ0n) is 17.4. The number of carbonyl (C=O) groups excluding carboxylic acids is 2. The molecule has 7 heteroatoms. The van der Waals surface area contributed by atoms with Crippen LogP contribution in [0.1, 0.15) is 22.8 Å². The van der Waals surface area contributed by atoms with Crippen LogP contribution in [0.4, 0.5) is 5.69 Å². The maximum absolute atomic E-state index is 12.9. The van der Waals surface area contributed by atoms with Crippen LogP contribution in [0.25, 0.3) is 22.2 Å². The number of anilines is 1. The number of carbonyl (C=O) groups is 2. The van der Waals surface area contributed by atoms with Crippen LogP contribution in [-0.4, -0.2) is 39.3 Å². The Kier molecular flexibility index (Phi) is 4.95. The number of aliphatic hydroxyl groups is 1. The van der Waals surface area contributed by atoms with E-state index in [1.54, 1.807) is 28.9 Å². The maximum Gasteiger partial charge on any atom is 0.221 e. The standard InChI is InChI=1S/C25H21N3O4/c1-15(29)26-16-9-11-18(12-10-16)32-14-17(30)13-28-22-8-4-7-21-23(22)24(27-28)19-5-2-3-6-20(19)25(21)31/h2-12,17,30H,13-14H2,1H3,(H,26,29)/t17-/m0/s1. The van der Waals surface area contributed by atoms with Crippen LogP contribution in [0.5, 0.6) is 5.75 Å². The number of benzene rings is 3. The predicted octanol–water partition coefficient (Wildman–Crippen LogP) is 3.65. The normalized spacial score (nSPS) is 13.0. The van der Waals surface area contributed by atoms with Gasteiger partial charge in [-0.1, -0.05) is 36.4 Å². The molecule has 0 saturated carbocycles. The third-order valence-corrected chi connectivity index (χ3v) is 5.45. The summed E-state index contributed by atoms with van der Waals surface area (Å²) in [6, 6.07) is 20.0. The Labute approximate surface area is 184 Å². The number of aromatic nitrogens is 2. The highest BCUT2D eigenvalue weighted by molar-refractivity contribution is 6.25. The summed E-state index contributed by atoms with van der Waals surface area (Å²) in [4.78, 5) is 24.1. The van der Waals surface area contributed by atoms with Gasteiger partial charge in [-0.2, -0.15) is 5.10 Å². The lowest BCUT2D eigenvalue weighted by Crippen LogP contribution is -2.24. The van der Waals surface area contributed by atoms with Crippen molar-refractivity contribution in [3.05, 3.63) is 77.9 Å². The van der Waals surface area contributed by atoms with Crippen molar-refractivity contribution in [1.29, 1.82) is 0 Å². The Bertz CT molecular complexity index is 1340. The minimum atomic E-state index is -0.809. The van der Waals surface area contributed by atoms with Crippen LogP contribution in [0.3, 0.4) is 0 Å². The lowest BCUT2D eigenvalue weighted by Gasteiger charge is -2.14. The first-order valence-corrected chi connectivity index (χ1v) is 10.3. The number of nitrogens with zero attached hydrogens (tertiary/aromatic N) is 2. The number of ether oxygens (including phenoxy) is 1. The summed E-state index contributed by atoms with van der Waals surface area (Å²) in [5, 5.41) is 18.9. The minimum absolute atomic E-state index is 0.00941. The maximum atomic E-state index is 12.9. The molecule has 1 atom stereocenters. The van der Waals surface area contributed by atoms with E-state index in [-0.39, 0.29) is 24.8 Å². The molecular weight excluding hydrogens is 406 g/mol. The molecule has 4 aromatic rings. The van der Waals surface area contributed by atoms with Gasteiger partial charge in [0.25, 0.3) is 0 Å². The molecule has 0 bridgehead atoms. The third-order valence-electron chi connectivity index (χ3n) is 5.45. The summed E-state index contributed by atoms with van der Waals surface area (Å²) in [5.74, 6) is 0.435. The van der Waals surface area contributed by atoms with E-state index in [0.29, 0.717) is 22.6 Å². The Morgan fingerprint density at radius 2 is 1.75 bits per heavy atom. The number of aliphatic hydroxyl groups excluding tert-OH is 1. The fourth-order valence-electron chi connectivity index (χ4n) is 4.06. The molecule has 1 heterocycles. The molecule has 1 aliphatic carbocycles. The van der Waals surface area contributed by atoms with E-state index in [0.717, 1.165) is 22.2 Å². The van der Waals surface area contributed by atoms with Crippen molar-refractivity contribution in [3.8, 4) is 17.0 Å². The monoisotopic (exact) mass is 427 g/mol. The van der Waals surface area contributed by atoms with Crippen molar-refractivity contribution in [2.24, 2.45) is 0 Å².